The predicted octanol–water partition coefficient (Wildman–Crippen LogP) is -1.42. The van der Waals surface area contributed by atoms with Crippen LogP contribution in [-0.2, 0) is 55.8 Å². The maximum atomic E-state index is 13.5. The van der Waals surface area contributed by atoms with Gasteiger partial charge < -0.3 is 38.3 Å². The lowest BCUT2D eigenvalue weighted by Gasteiger charge is -2.29. The van der Waals surface area contributed by atoms with E-state index >= 15 is 0 Å². The highest BCUT2D eigenvalue weighted by Gasteiger charge is 2.59. The van der Waals surface area contributed by atoms with Gasteiger partial charge in [-0.3, -0.25) is 34.2 Å². The summed E-state index contributed by atoms with van der Waals surface area (Å²) in [5.74, 6) is -1.58. The number of carbonyl (C=O) groups is 4. The number of rotatable bonds is 23. The number of aliphatic hydroxyl groups excluding tert-OH is 1. The first kappa shape index (κ1) is 41.6. The molecule has 298 valence electrons. The third kappa shape index (κ3) is 10.3. The van der Waals surface area contributed by atoms with Crippen molar-refractivity contribution in [3.63, 3.8) is 0 Å². The van der Waals surface area contributed by atoms with Gasteiger partial charge in [0.15, 0.2) is 19.1 Å². The second-order valence-electron chi connectivity index (χ2n) is 11.7. The molecule has 1 aromatic carbocycles. The van der Waals surface area contributed by atoms with Crippen molar-refractivity contribution in [1.82, 2.24) is 33.7 Å². The molecule has 22 nitrogen and oxygen atoms in total. The quantitative estimate of drug-likeness (QED) is 0.0749. The van der Waals surface area contributed by atoms with E-state index in [1.807, 2.05) is 4.98 Å². The zero-order chi connectivity index (χ0) is 39.2. The highest BCUT2D eigenvalue weighted by Crippen LogP contribution is 2.35. The number of urea groups is 2. The number of H-pyrrole nitrogens is 1. The number of benzene rings is 1. The Labute approximate surface area is 308 Å². The Bertz CT molecular complexity index is 1750. The van der Waals surface area contributed by atoms with Crippen molar-refractivity contribution in [2.75, 3.05) is 74.4 Å². The van der Waals surface area contributed by atoms with Crippen molar-refractivity contribution >= 4 is 24.0 Å². The van der Waals surface area contributed by atoms with Gasteiger partial charge in [0.05, 0.1) is 26.1 Å². The van der Waals surface area contributed by atoms with Gasteiger partial charge in [-0.1, -0.05) is 30.3 Å². The largest absolute Gasteiger partial charge is 0.463 e. The molecule has 4 amide bonds. The standard InChI is InChI=1S/C32H45N7O15/c1-4-50-14-15-53-24(41)10-12-34-28(43)33-29(44)35(30(34)45)13-11-25(42)54-21-52-20-39-27-26(37(18-49-3)32(39)47)36(17-48-2)31(46)38(27)19-51-16-23(40)22-8-6-5-7-9-22/h5-9,23,26-27,40H,4,10-21H2,1-3H3,(H,33,43,44). The summed E-state index contributed by atoms with van der Waals surface area (Å²) < 4.78 is 38.0. The van der Waals surface area contributed by atoms with E-state index in [0.717, 1.165) is 0 Å². The molecule has 0 spiro atoms. The van der Waals surface area contributed by atoms with E-state index in [1.165, 1.54) is 33.8 Å². The third-order valence-electron chi connectivity index (χ3n) is 8.23. The zero-order valence-electron chi connectivity index (χ0n) is 30.2. The highest BCUT2D eigenvalue weighted by molar-refractivity contribution is 5.85. The van der Waals surface area contributed by atoms with Gasteiger partial charge in [0.25, 0.3) is 0 Å². The van der Waals surface area contributed by atoms with Crippen LogP contribution in [0.2, 0.25) is 0 Å². The smallest absolute Gasteiger partial charge is 0.336 e. The number of nitrogens with zero attached hydrogens (tertiary/aromatic N) is 6. The summed E-state index contributed by atoms with van der Waals surface area (Å²) in [6, 6.07) is 7.68. The van der Waals surface area contributed by atoms with Crippen LogP contribution in [0.5, 0.6) is 0 Å². The van der Waals surface area contributed by atoms with E-state index in [0.29, 0.717) is 21.3 Å². The molecule has 22 heteroatoms. The second kappa shape index (κ2) is 20.4. The van der Waals surface area contributed by atoms with Crippen LogP contribution in [0.25, 0.3) is 0 Å². The van der Waals surface area contributed by atoms with Crippen LogP contribution in [0, 0.1) is 0 Å². The number of nitrogens with one attached hydrogen (secondary N) is 1. The number of amides is 4. The fourth-order valence-corrected chi connectivity index (χ4v) is 5.69. The maximum Gasteiger partial charge on any atom is 0.336 e. The van der Waals surface area contributed by atoms with Crippen molar-refractivity contribution < 1.29 is 57.4 Å². The molecule has 2 aromatic rings. The Morgan fingerprint density at radius 3 is 1.78 bits per heavy atom. The molecule has 4 rings (SSSR count). The Morgan fingerprint density at radius 2 is 1.24 bits per heavy atom. The number of fused-ring (bicyclic) bond motifs is 1. The molecule has 3 atom stereocenters. The van der Waals surface area contributed by atoms with Crippen LogP contribution in [-0.4, -0.2) is 150 Å². The molecule has 0 aliphatic carbocycles. The summed E-state index contributed by atoms with van der Waals surface area (Å²) in [5, 5.41) is 10.5. The van der Waals surface area contributed by atoms with Crippen molar-refractivity contribution in [1.29, 1.82) is 0 Å². The Hall–Kier alpha value is -5.13. The molecule has 2 saturated heterocycles. The lowest BCUT2D eigenvalue weighted by atomic mass is 10.1. The number of carbonyl (C=O) groups excluding carboxylic acids is 4. The van der Waals surface area contributed by atoms with E-state index in [-0.39, 0.29) is 53.0 Å². The van der Waals surface area contributed by atoms with Gasteiger partial charge >= 0.3 is 41.1 Å². The fraction of sp³-hybridized carbons (Fsp3) is 0.594. The van der Waals surface area contributed by atoms with Crippen molar-refractivity contribution in [2.24, 2.45) is 0 Å². The number of hydrogen-bond acceptors (Lipinski definition) is 15. The number of aromatic amines is 1. The zero-order valence-corrected chi connectivity index (χ0v) is 30.2. The second-order valence-corrected chi connectivity index (χ2v) is 11.7. The maximum absolute atomic E-state index is 13.5. The molecule has 2 aliphatic rings. The number of methoxy groups -OCH3 is 2. The molecule has 3 unspecified atom stereocenters. The molecule has 2 aliphatic heterocycles. The Morgan fingerprint density at radius 1 is 0.722 bits per heavy atom. The molecule has 0 radical (unpaired) electrons. The molecule has 1 aromatic heterocycles. The average molecular weight is 768 g/mol. The molecule has 0 bridgehead atoms. The van der Waals surface area contributed by atoms with Crippen LogP contribution < -0.4 is 17.1 Å². The van der Waals surface area contributed by atoms with Gasteiger partial charge in [-0.25, -0.2) is 33.1 Å². The fourth-order valence-electron chi connectivity index (χ4n) is 5.69. The minimum atomic E-state index is -1.07. The van der Waals surface area contributed by atoms with Gasteiger partial charge in [0, 0.05) is 33.9 Å². The summed E-state index contributed by atoms with van der Waals surface area (Å²) in [5.41, 5.74) is -2.54. The predicted molar refractivity (Wildman–Crippen MR) is 181 cm³/mol. The monoisotopic (exact) mass is 767 g/mol. The first-order chi connectivity index (χ1) is 26.0. The number of aromatic nitrogens is 3. The molecule has 0 saturated carbocycles. The van der Waals surface area contributed by atoms with Crippen LogP contribution in [0.1, 0.15) is 31.4 Å². The molecule has 2 fully saturated rings. The first-order valence-electron chi connectivity index (χ1n) is 16.9. The lowest BCUT2D eigenvalue weighted by Crippen LogP contribution is -2.49. The SMILES string of the molecule is CCOCCOC(=O)CCn1c(=O)[nH]c(=O)n(CCC(=O)OCOCN2C(=O)N(COC)C3C2N(COCC(O)c2ccccc2)C(=O)N3COC)c1=O. The summed E-state index contributed by atoms with van der Waals surface area (Å²) >= 11 is 0. The molecular formula is C32H45N7O15. The van der Waals surface area contributed by atoms with Crippen molar-refractivity contribution in [3.8, 4) is 0 Å². The summed E-state index contributed by atoms with van der Waals surface area (Å²) in [6.07, 6.45) is -3.65. The van der Waals surface area contributed by atoms with Gasteiger partial charge in [-0.2, -0.15) is 0 Å². The summed E-state index contributed by atoms with van der Waals surface area (Å²) in [6.45, 7) is -0.400. The van der Waals surface area contributed by atoms with Crippen LogP contribution in [0.15, 0.2) is 44.7 Å². The molecular weight excluding hydrogens is 722 g/mol. The topological polar surface area (TPSA) is 243 Å². The summed E-state index contributed by atoms with van der Waals surface area (Å²) in [4.78, 5) is 96.0. The molecule has 3 heterocycles. The highest BCUT2D eigenvalue weighted by atomic mass is 16.7. The minimum Gasteiger partial charge on any atom is -0.463 e. The summed E-state index contributed by atoms with van der Waals surface area (Å²) in [7, 11) is 2.77. The lowest BCUT2D eigenvalue weighted by molar-refractivity contribution is -0.160. The van der Waals surface area contributed by atoms with Crippen LogP contribution in [0.4, 0.5) is 9.59 Å². The van der Waals surface area contributed by atoms with Crippen molar-refractivity contribution in [2.45, 2.75) is 51.3 Å². The van der Waals surface area contributed by atoms with E-state index in [1.54, 1.807) is 37.3 Å². The third-order valence-corrected chi connectivity index (χ3v) is 8.23. The number of aliphatic hydroxyl groups is 1. The Kier molecular flexibility index (Phi) is 15.7. The van der Waals surface area contributed by atoms with Crippen LogP contribution >= 0.6 is 0 Å². The van der Waals surface area contributed by atoms with E-state index in [9.17, 15) is 38.7 Å². The van der Waals surface area contributed by atoms with Crippen LogP contribution in [0.3, 0.4) is 0 Å². The van der Waals surface area contributed by atoms with E-state index < -0.39 is 86.0 Å². The van der Waals surface area contributed by atoms with Gasteiger partial charge in [-0.05, 0) is 12.5 Å². The van der Waals surface area contributed by atoms with Gasteiger partial charge in [0.2, 0.25) is 0 Å². The number of ether oxygens (including phenoxy) is 7. The van der Waals surface area contributed by atoms with Crippen molar-refractivity contribution in [3.05, 3.63) is 67.3 Å². The normalized spacial score (nSPS) is 17.3. The first-order valence-corrected chi connectivity index (χ1v) is 16.9. The minimum absolute atomic E-state index is 0.00757. The number of hydrogen-bond donors (Lipinski definition) is 2. The number of esters is 2. The van der Waals surface area contributed by atoms with Gasteiger partial charge in [0.1, 0.15) is 39.6 Å². The average Bonchev–Trinajstić information content (AvgIpc) is 3.57. The van der Waals surface area contributed by atoms with E-state index in [4.69, 9.17) is 33.2 Å². The Balaban J connectivity index is 1.33. The van der Waals surface area contributed by atoms with Gasteiger partial charge in [-0.15, -0.1) is 0 Å². The molecule has 2 N–H and O–H groups in total. The van der Waals surface area contributed by atoms with E-state index in [2.05, 4.69) is 0 Å². The molecule has 54 heavy (non-hydrogen) atoms.